The Kier molecular flexibility index (Phi) is 7.50. The summed E-state index contributed by atoms with van der Waals surface area (Å²) in [5.41, 5.74) is 11.0. The number of hydrogen-bond donors (Lipinski definition) is 2. The van der Waals surface area contributed by atoms with Crippen molar-refractivity contribution < 1.29 is 0 Å². The zero-order valence-corrected chi connectivity index (χ0v) is 12.6. The van der Waals surface area contributed by atoms with Gasteiger partial charge in [-0.05, 0) is 39.2 Å². The fourth-order valence-corrected chi connectivity index (χ4v) is 2.58. The Morgan fingerprint density at radius 1 is 0.947 bits per heavy atom. The van der Waals surface area contributed by atoms with Crippen molar-refractivity contribution >= 4 is 23.7 Å². The summed E-state index contributed by atoms with van der Waals surface area (Å²) in [4.78, 5) is 14.1. The minimum Gasteiger partial charge on any atom is -0.368 e. The Balaban J connectivity index is 2.04. The summed E-state index contributed by atoms with van der Waals surface area (Å²) in [5.74, 6) is 3.28. The van der Waals surface area contributed by atoms with E-state index < -0.39 is 0 Å². The molecule has 4 N–H and O–H groups in total. The Hall–Kier alpha value is -1.08. The molecule has 1 heterocycles. The first-order valence-electron chi connectivity index (χ1n) is 6.56. The van der Waals surface area contributed by atoms with Gasteiger partial charge in [0.2, 0.25) is 11.9 Å². The number of nitrogen functional groups attached to an aromatic ring is 2. The van der Waals surface area contributed by atoms with Crippen molar-refractivity contribution in [3.63, 3.8) is 0 Å². The van der Waals surface area contributed by atoms with Gasteiger partial charge in [-0.3, -0.25) is 0 Å². The van der Waals surface area contributed by atoms with Gasteiger partial charge in [0.1, 0.15) is 5.82 Å². The van der Waals surface area contributed by atoms with Crippen molar-refractivity contribution in [3.05, 3.63) is 5.82 Å². The molecular formula is C12H24N6S. The fourth-order valence-electron chi connectivity index (χ4n) is 1.64. The molecule has 0 bridgehead atoms. The quantitative estimate of drug-likeness (QED) is 0.654. The second kappa shape index (κ2) is 8.92. The van der Waals surface area contributed by atoms with E-state index >= 15 is 0 Å². The highest BCUT2D eigenvalue weighted by atomic mass is 32.2. The summed E-state index contributed by atoms with van der Waals surface area (Å²) in [6.07, 6.45) is 4.62. The number of rotatable bonds is 9. The van der Waals surface area contributed by atoms with Crippen LogP contribution in [0.5, 0.6) is 0 Å². The Morgan fingerprint density at radius 2 is 1.63 bits per heavy atom. The van der Waals surface area contributed by atoms with E-state index in [1.165, 1.54) is 31.6 Å². The van der Waals surface area contributed by atoms with Gasteiger partial charge in [-0.25, -0.2) is 0 Å². The van der Waals surface area contributed by atoms with Gasteiger partial charge in [0.15, 0.2) is 0 Å². The highest BCUT2D eigenvalue weighted by Crippen LogP contribution is 2.09. The third-order valence-electron chi connectivity index (χ3n) is 2.58. The van der Waals surface area contributed by atoms with Crippen molar-refractivity contribution in [3.8, 4) is 0 Å². The molecule has 0 amide bonds. The first-order chi connectivity index (χ1) is 9.08. The van der Waals surface area contributed by atoms with Crippen LogP contribution in [-0.4, -0.2) is 52.0 Å². The molecule has 0 fully saturated rings. The molecule has 0 aliphatic carbocycles. The standard InChI is InChI=1S/C12H24N6S/c1-18(2)7-4-3-5-8-19-9-6-10-15-11(13)17-12(14)16-10/h3-9H2,1-2H3,(H4,13,14,15,16,17). The average Bonchev–Trinajstić information content (AvgIpc) is 2.31. The maximum Gasteiger partial charge on any atom is 0.225 e. The minimum absolute atomic E-state index is 0.205. The van der Waals surface area contributed by atoms with Crippen molar-refractivity contribution in [1.82, 2.24) is 19.9 Å². The maximum absolute atomic E-state index is 5.52. The molecule has 0 aromatic carbocycles. The van der Waals surface area contributed by atoms with E-state index in [1.54, 1.807) is 0 Å². The normalized spacial score (nSPS) is 11.1. The van der Waals surface area contributed by atoms with Gasteiger partial charge in [0.05, 0.1) is 0 Å². The van der Waals surface area contributed by atoms with Gasteiger partial charge < -0.3 is 16.4 Å². The van der Waals surface area contributed by atoms with Crippen LogP contribution in [0.25, 0.3) is 0 Å². The second-order valence-corrected chi connectivity index (χ2v) is 5.92. The number of aryl methyl sites for hydroxylation is 1. The lowest BCUT2D eigenvalue weighted by molar-refractivity contribution is 0.394. The van der Waals surface area contributed by atoms with Crippen molar-refractivity contribution in [1.29, 1.82) is 0 Å². The number of unbranched alkanes of at least 4 members (excludes halogenated alkanes) is 2. The third-order valence-corrected chi connectivity index (χ3v) is 3.65. The average molecular weight is 284 g/mol. The first kappa shape index (κ1) is 16.0. The molecule has 1 rings (SSSR count). The van der Waals surface area contributed by atoms with E-state index in [0.29, 0.717) is 5.82 Å². The topological polar surface area (TPSA) is 94.0 Å². The Bertz CT molecular complexity index is 351. The lowest BCUT2D eigenvalue weighted by atomic mass is 10.2. The number of aromatic nitrogens is 3. The molecule has 6 nitrogen and oxygen atoms in total. The molecule has 0 unspecified atom stereocenters. The zero-order valence-electron chi connectivity index (χ0n) is 11.8. The number of anilines is 2. The predicted molar refractivity (Wildman–Crippen MR) is 82.1 cm³/mol. The Labute approximate surface area is 119 Å². The van der Waals surface area contributed by atoms with Crippen LogP contribution in [0.15, 0.2) is 0 Å². The van der Waals surface area contributed by atoms with E-state index in [2.05, 4.69) is 33.9 Å². The van der Waals surface area contributed by atoms with E-state index in [0.717, 1.165) is 12.2 Å². The smallest absolute Gasteiger partial charge is 0.225 e. The lowest BCUT2D eigenvalue weighted by Crippen LogP contribution is -2.12. The minimum atomic E-state index is 0.205. The van der Waals surface area contributed by atoms with Crippen LogP contribution in [0.1, 0.15) is 25.1 Å². The van der Waals surface area contributed by atoms with Crippen molar-refractivity contribution in [2.24, 2.45) is 0 Å². The number of thioether (sulfide) groups is 1. The molecule has 1 aromatic rings. The summed E-state index contributed by atoms with van der Waals surface area (Å²) in [6, 6.07) is 0. The van der Waals surface area contributed by atoms with Gasteiger partial charge >= 0.3 is 0 Å². The molecular weight excluding hydrogens is 260 g/mol. The van der Waals surface area contributed by atoms with Gasteiger partial charge in [-0.2, -0.15) is 26.7 Å². The second-order valence-electron chi connectivity index (χ2n) is 4.69. The van der Waals surface area contributed by atoms with Crippen LogP contribution in [0.3, 0.4) is 0 Å². The molecule has 0 saturated carbocycles. The highest BCUT2D eigenvalue weighted by molar-refractivity contribution is 7.99. The number of nitrogens with two attached hydrogens (primary N) is 2. The van der Waals surface area contributed by atoms with Crippen molar-refractivity contribution in [2.45, 2.75) is 25.7 Å². The summed E-state index contributed by atoms with van der Waals surface area (Å²) < 4.78 is 0. The molecule has 108 valence electrons. The SMILES string of the molecule is CN(C)CCCCCSCCc1nc(N)nc(N)n1. The summed E-state index contributed by atoms with van der Waals surface area (Å²) in [7, 11) is 4.22. The summed E-state index contributed by atoms with van der Waals surface area (Å²) in [5, 5.41) is 0. The molecule has 0 aliphatic rings. The maximum atomic E-state index is 5.52. The van der Waals surface area contributed by atoms with Crippen LogP contribution in [0.2, 0.25) is 0 Å². The van der Waals surface area contributed by atoms with E-state index in [9.17, 15) is 0 Å². The zero-order chi connectivity index (χ0) is 14.1. The van der Waals surface area contributed by atoms with Gasteiger partial charge in [-0.15, -0.1) is 0 Å². The van der Waals surface area contributed by atoms with E-state index in [-0.39, 0.29) is 11.9 Å². The number of nitrogens with zero attached hydrogens (tertiary/aromatic N) is 4. The van der Waals surface area contributed by atoms with Crippen LogP contribution in [0, 0.1) is 0 Å². The highest BCUT2D eigenvalue weighted by Gasteiger charge is 2.01. The van der Waals surface area contributed by atoms with Crippen LogP contribution >= 0.6 is 11.8 Å². The molecule has 0 spiro atoms. The first-order valence-corrected chi connectivity index (χ1v) is 7.72. The van der Waals surface area contributed by atoms with E-state index in [1.807, 2.05) is 11.8 Å². The summed E-state index contributed by atoms with van der Waals surface area (Å²) in [6.45, 7) is 1.17. The molecule has 0 saturated heterocycles. The van der Waals surface area contributed by atoms with Gasteiger partial charge in [-0.1, -0.05) is 6.42 Å². The van der Waals surface area contributed by atoms with E-state index in [4.69, 9.17) is 11.5 Å². The number of hydrogen-bond acceptors (Lipinski definition) is 7. The molecule has 1 aromatic heterocycles. The Morgan fingerprint density at radius 3 is 2.26 bits per heavy atom. The molecule has 19 heavy (non-hydrogen) atoms. The van der Waals surface area contributed by atoms with Crippen LogP contribution < -0.4 is 11.5 Å². The molecule has 0 aliphatic heterocycles. The molecule has 0 radical (unpaired) electrons. The molecule has 0 atom stereocenters. The monoisotopic (exact) mass is 284 g/mol. The third kappa shape index (κ3) is 7.84. The largest absolute Gasteiger partial charge is 0.368 e. The lowest BCUT2D eigenvalue weighted by Gasteiger charge is -2.08. The van der Waals surface area contributed by atoms with Crippen LogP contribution in [-0.2, 0) is 6.42 Å². The predicted octanol–water partition coefficient (Wildman–Crippen LogP) is 1.04. The molecule has 7 heteroatoms. The van der Waals surface area contributed by atoms with Gasteiger partial charge in [0.25, 0.3) is 0 Å². The van der Waals surface area contributed by atoms with Crippen molar-refractivity contribution in [2.75, 3.05) is 43.6 Å². The van der Waals surface area contributed by atoms with Gasteiger partial charge in [0, 0.05) is 12.2 Å². The fraction of sp³-hybridized carbons (Fsp3) is 0.750. The van der Waals surface area contributed by atoms with Crippen LogP contribution in [0.4, 0.5) is 11.9 Å². The summed E-state index contributed by atoms with van der Waals surface area (Å²) >= 11 is 1.92.